The number of rotatable bonds is 2. The Hall–Kier alpha value is -1.25. The lowest BCUT2D eigenvalue weighted by Crippen LogP contribution is -2.24. The van der Waals surface area contributed by atoms with Gasteiger partial charge < -0.3 is 5.32 Å². The predicted octanol–water partition coefficient (Wildman–Crippen LogP) is 5.87. The van der Waals surface area contributed by atoms with Crippen LogP contribution in [-0.2, 0) is 6.42 Å². The van der Waals surface area contributed by atoms with Crippen LogP contribution in [0.5, 0.6) is 0 Å². The van der Waals surface area contributed by atoms with Crippen LogP contribution in [0.1, 0.15) is 31.0 Å². The molecule has 1 unspecified atom stereocenters. The molecule has 1 aliphatic rings. The summed E-state index contributed by atoms with van der Waals surface area (Å²) in [6.07, 6.45) is 0.978. The van der Waals surface area contributed by atoms with E-state index in [0.29, 0.717) is 0 Å². The second-order valence-electron chi connectivity index (χ2n) is 6.21. The SMILES string of the molecule is CC1(C)Cc2ccc(Cl)cc2C1Nc1ccc(F)c(Cl)c1. The number of benzene rings is 2. The molecular formula is C17H16Cl2FN. The summed E-state index contributed by atoms with van der Waals surface area (Å²) in [5.41, 5.74) is 3.36. The van der Waals surface area contributed by atoms with Crippen molar-refractivity contribution in [3.05, 3.63) is 63.4 Å². The number of hydrogen-bond acceptors (Lipinski definition) is 1. The van der Waals surface area contributed by atoms with Crippen molar-refractivity contribution in [2.45, 2.75) is 26.3 Å². The smallest absolute Gasteiger partial charge is 0.141 e. The van der Waals surface area contributed by atoms with Crippen LogP contribution in [0.4, 0.5) is 10.1 Å². The average Bonchev–Trinajstić information content (AvgIpc) is 2.65. The summed E-state index contributed by atoms with van der Waals surface area (Å²) in [5, 5.41) is 4.33. The first-order valence-electron chi connectivity index (χ1n) is 6.87. The van der Waals surface area contributed by atoms with Crippen LogP contribution in [-0.4, -0.2) is 0 Å². The molecule has 2 aromatic rings. The normalized spacial score (nSPS) is 19.4. The fourth-order valence-electron chi connectivity index (χ4n) is 3.04. The molecule has 1 nitrogen and oxygen atoms in total. The Morgan fingerprint density at radius 1 is 1.14 bits per heavy atom. The Labute approximate surface area is 134 Å². The van der Waals surface area contributed by atoms with E-state index < -0.39 is 5.82 Å². The average molecular weight is 324 g/mol. The predicted molar refractivity (Wildman–Crippen MR) is 86.7 cm³/mol. The van der Waals surface area contributed by atoms with E-state index in [1.807, 2.05) is 12.1 Å². The Kier molecular flexibility index (Phi) is 3.62. The Balaban J connectivity index is 1.97. The Bertz CT molecular complexity index is 697. The lowest BCUT2D eigenvalue weighted by atomic mass is 9.85. The van der Waals surface area contributed by atoms with Gasteiger partial charge in [-0.1, -0.05) is 43.1 Å². The molecule has 0 aromatic heterocycles. The van der Waals surface area contributed by atoms with Crippen LogP contribution >= 0.6 is 23.2 Å². The van der Waals surface area contributed by atoms with Crippen molar-refractivity contribution in [1.82, 2.24) is 0 Å². The van der Waals surface area contributed by atoms with E-state index in [9.17, 15) is 4.39 Å². The summed E-state index contributed by atoms with van der Waals surface area (Å²) in [7, 11) is 0. The van der Waals surface area contributed by atoms with Crippen LogP contribution in [0.3, 0.4) is 0 Å². The largest absolute Gasteiger partial charge is 0.378 e. The third-order valence-electron chi connectivity index (χ3n) is 4.08. The highest BCUT2D eigenvalue weighted by Gasteiger charge is 2.39. The van der Waals surface area contributed by atoms with Gasteiger partial charge in [0, 0.05) is 10.7 Å². The van der Waals surface area contributed by atoms with E-state index in [4.69, 9.17) is 23.2 Å². The maximum Gasteiger partial charge on any atom is 0.141 e. The fraction of sp³-hybridized carbons (Fsp3) is 0.294. The molecular weight excluding hydrogens is 308 g/mol. The molecule has 0 heterocycles. The standard InChI is InChI=1S/C17H16Cl2FN/c1-17(2)9-10-3-4-11(18)7-13(10)16(17)21-12-5-6-15(20)14(19)8-12/h3-8,16,21H,9H2,1-2H3. The lowest BCUT2D eigenvalue weighted by molar-refractivity contribution is 0.337. The van der Waals surface area contributed by atoms with Crippen molar-refractivity contribution < 1.29 is 4.39 Å². The van der Waals surface area contributed by atoms with E-state index in [-0.39, 0.29) is 16.5 Å². The van der Waals surface area contributed by atoms with Gasteiger partial charge in [0.05, 0.1) is 11.1 Å². The first kappa shape index (κ1) is 14.7. The summed E-state index contributed by atoms with van der Waals surface area (Å²) in [6, 6.07) is 10.8. The molecule has 1 aliphatic carbocycles. The zero-order chi connectivity index (χ0) is 15.2. The zero-order valence-electron chi connectivity index (χ0n) is 11.9. The molecule has 21 heavy (non-hydrogen) atoms. The molecule has 3 rings (SSSR count). The highest BCUT2D eigenvalue weighted by Crippen LogP contribution is 2.47. The lowest BCUT2D eigenvalue weighted by Gasteiger charge is -2.29. The molecule has 0 radical (unpaired) electrons. The number of fused-ring (bicyclic) bond motifs is 1. The van der Waals surface area contributed by atoms with E-state index in [1.165, 1.54) is 17.2 Å². The van der Waals surface area contributed by atoms with Gasteiger partial charge in [-0.25, -0.2) is 4.39 Å². The topological polar surface area (TPSA) is 12.0 Å². The summed E-state index contributed by atoms with van der Waals surface area (Å²) < 4.78 is 13.3. The molecule has 0 aliphatic heterocycles. The van der Waals surface area contributed by atoms with E-state index in [0.717, 1.165) is 17.1 Å². The van der Waals surface area contributed by atoms with Gasteiger partial charge in [-0.2, -0.15) is 0 Å². The third-order valence-corrected chi connectivity index (χ3v) is 4.60. The van der Waals surface area contributed by atoms with Crippen molar-refractivity contribution in [2.75, 3.05) is 5.32 Å². The molecule has 2 aromatic carbocycles. The van der Waals surface area contributed by atoms with Gasteiger partial charge >= 0.3 is 0 Å². The summed E-state index contributed by atoms with van der Waals surface area (Å²) in [4.78, 5) is 0. The molecule has 4 heteroatoms. The summed E-state index contributed by atoms with van der Waals surface area (Å²) in [6.45, 7) is 4.42. The van der Waals surface area contributed by atoms with Crippen LogP contribution in [0.25, 0.3) is 0 Å². The minimum absolute atomic E-state index is 0.0495. The molecule has 110 valence electrons. The van der Waals surface area contributed by atoms with Crippen LogP contribution < -0.4 is 5.32 Å². The van der Waals surface area contributed by atoms with E-state index in [2.05, 4.69) is 25.2 Å². The van der Waals surface area contributed by atoms with Crippen molar-refractivity contribution in [3.63, 3.8) is 0 Å². The van der Waals surface area contributed by atoms with E-state index >= 15 is 0 Å². The molecule has 0 bridgehead atoms. The minimum Gasteiger partial charge on any atom is -0.378 e. The molecule has 1 atom stereocenters. The number of anilines is 1. The van der Waals surface area contributed by atoms with Crippen LogP contribution in [0, 0.1) is 11.2 Å². The van der Waals surface area contributed by atoms with Gasteiger partial charge in [0.15, 0.2) is 0 Å². The quantitative estimate of drug-likeness (QED) is 0.728. The van der Waals surface area contributed by atoms with Gasteiger partial charge in [0.25, 0.3) is 0 Å². The molecule has 0 spiro atoms. The third kappa shape index (κ3) is 2.75. The second-order valence-corrected chi connectivity index (χ2v) is 7.06. The van der Waals surface area contributed by atoms with Crippen LogP contribution in [0.15, 0.2) is 36.4 Å². The Morgan fingerprint density at radius 2 is 1.90 bits per heavy atom. The van der Waals surface area contributed by atoms with E-state index in [1.54, 1.807) is 12.1 Å². The summed E-state index contributed by atoms with van der Waals surface area (Å²) in [5.74, 6) is -0.406. The molecule has 0 fully saturated rings. The highest BCUT2D eigenvalue weighted by atomic mass is 35.5. The maximum atomic E-state index is 13.3. The van der Waals surface area contributed by atoms with Gasteiger partial charge in [0.1, 0.15) is 5.82 Å². The fourth-order valence-corrected chi connectivity index (χ4v) is 3.40. The Morgan fingerprint density at radius 3 is 2.62 bits per heavy atom. The van der Waals surface area contributed by atoms with Crippen molar-refractivity contribution >= 4 is 28.9 Å². The van der Waals surface area contributed by atoms with Crippen molar-refractivity contribution in [1.29, 1.82) is 0 Å². The van der Waals surface area contributed by atoms with Gasteiger partial charge in [-0.15, -0.1) is 0 Å². The number of hydrogen-bond donors (Lipinski definition) is 1. The monoisotopic (exact) mass is 323 g/mol. The van der Waals surface area contributed by atoms with Gasteiger partial charge in [0.2, 0.25) is 0 Å². The second kappa shape index (κ2) is 5.19. The first-order chi connectivity index (χ1) is 9.87. The van der Waals surface area contributed by atoms with Gasteiger partial charge in [-0.05, 0) is 53.3 Å². The molecule has 0 saturated carbocycles. The highest BCUT2D eigenvalue weighted by molar-refractivity contribution is 6.31. The molecule has 0 amide bonds. The minimum atomic E-state index is -0.406. The number of nitrogens with one attached hydrogen (secondary N) is 1. The number of halogens is 3. The molecule has 1 N–H and O–H groups in total. The van der Waals surface area contributed by atoms with Crippen LogP contribution in [0.2, 0.25) is 10.0 Å². The van der Waals surface area contributed by atoms with Gasteiger partial charge in [-0.3, -0.25) is 0 Å². The summed E-state index contributed by atoms with van der Waals surface area (Å²) >= 11 is 12.0. The zero-order valence-corrected chi connectivity index (χ0v) is 13.4. The maximum absolute atomic E-state index is 13.3. The molecule has 0 saturated heterocycles. The first-order valence-corrected chi connectivity index (χ1v) is 7.62. The van der Waals surface area contributed by atoms with Crippen molar-refractivity contribution in [2.24, 2.45) is 5.41 Å². The van der Waals surface area contributed by atoms with Crippen molar-refractivity contribution in [3.8, 4) is 0 Å².